The lowest BCUT2D eigenvalue weighted by Crippen LogP contribution is -2.13. The van der Waals surface area contributed by atoms with E-state index in [1.165, 1.54) is 60.5 Å². The van der Waals surface area contributed by atoms with Crippen LogP contribution in [0.5, 0.6) is 0 Å². The van der Waals surface area contributed by atoms with Crippen LogP contribution in [0.2, 0.25) is 0 Å². The topological polar surface area (TPSA) is 9.72 Å². The van der Waals surface area contributed by atoms with Crippen molar-refractivity contribution < 1.29 is 0 Å². The maximum atomic E-state index is 2.43. The lowest BCUT2D eigenvalue weighted by molar-refractivity contribution is 1.27. The first-order valence-corrected chi connectivity index (χ1v) is 24.6. The van der Waals surface area contributed by atoms with Crippen LogP contribution < -0.4 is 14.7 Å². The van der Waals surface area contributed by atoms with Gasteiger partial charge in [0.05, 0.1) is 5.69 Å². The van der Waals surface area contributed by atoms with E-state index in [1.54, 1.807) is 0 Å². The number of thiophene rings is 3. The predicted molar refractivity (Wildman–Crippen MR) is 289 cm³/mol. The largest absolute Gasteiger partial charge is 0.310 e. The summed E-state index contributed by atoms with van der Waals surface area (Å²) in [6, 6.07) is 86.3. The Morgan fingerprint density at radius 1 is 0.212 bits per heavy atom. The van der Waals surface area contributed by atoms with Gasteiger partial charge in [-0.25, -0.2) is 0 Å². The molecule has 3 nitrogen and oxygen atoms in total. The Hall–Kier alpha value is -7.74. The fraction of sp³-hybridized carbons (Fsp3) is 0. The molecule has 13 aromatic rings. The molecule has 0 N–H and O–H groups in total. The number of nitrogens with zero attached hydrogens (tertiary/aromatic N) is 3. The number of hydrogen-bond acceptors (Lipinski definition) is 6. The van der Waals surface area contributed by atoms with Crippen LogP contribution in [0.15, 0.2) is 237 Å². The Bertz CT molecular complexity index is 3860. The maximum Gasteiger partial charge on any atom is 0.0575 e. The van der Waals surface area contributed by atoms with Crippen molar-refractivity contribution in [3.05, 3.63) is 237 Å². The third-order valence-electron chi connectivity index (χ3n) is 12.6. The molecule has 0 aliphatic rings. The van der Waals surface area contributed by atoms with Crippen molar-refractivity contribution in [2.45, 2.75) is 0 Å². The summed E-state index contributed by atoms with van der Waals surface area (Å²) in [7, 11) is 0. The monoisotopic (exact) mass is 897 g/mol. The zero-order valence-corrected chi connectivity index (χ0v) is 38.0. The SMILES string of the molecule is c1ccc(N(c2ccc3c(c2)sc2ccc(N(c4ccccc4)c4ccc5c(c4)sc4ccccc45)cc23)c2cc(N(c3ccccc3)c3ccccc3)c3c(c2)sc2ccccc23)cc1. The summed E-state index contributed by atoms with van der Waals surface area (Å²) < 4.78 is 7.63. The Kier molecular flexibility index (Phi) is 9.41. The van der Waals surface area contributed by atoms with Crippen LogP contribution >= 0.6 is 34.0 Å². The molecule has 0 saturated carbocycles. The molecule has 312 valence electrons. The Balaban J connectivity index is 0.973. The van der Waals surface area contributed by atoms with Crippen molar-refractivity contribution in [1.29, 1.82) is 0 Å². The number of fused-ring (bicyclic) bond motifs is 9. The van der Waals surface area contributed by atoms with Crippen molar-refractivity contribution in [2.24, 2.45) is 0 Å². The van der Waals surface area contributed by atoms with Crippen LogP contribution in [0.4, 0.5) is 51.2 Å². The zero-order valence-electron chi connectivity index (χ0n) is 35.6. The number of rotatable bonds is 9. The quantitative estimate of drug-likeness (QED) is 0.143. The van der Waals surface area contributed by atoms with Gasteiger partial charge in [0, 0.05) is 106 Å². The molecular formula is C60H39N3S3. The van der Waals surface area contributed by atoms with Crippen molar-refractivity contribution in [1.82, 2.24) is 0 Å². The normalized spacial score (nSPS) is 11.6. The molecule has 3 aromatic heterocycles. The third kappa shape index (κ3) is 6.61. The van der Waals surface area contributed by atoms with E-state index in [0.717, 1.165) is 51.2 Å². The van der Waals surface area contributed by atoms with Gasteiger partial charge in [-0.05, 0) is 115 Å². The van der Waals surface area contributed by atoms with Crippen molar-refractivity contribution in [3.63, 3.8) is 0 Å². The predicted octanol–water partition coefficient (Wildman–Crippen LogP) is 19.2. The summed E-state index contributed by atoms with van der Waals surface area (Å²) in [4.78, 5) is 7.24. The maximum absolute atomic E-state index is 2.43. The minimum absolute atomic E-state index is 1.10. The average Bonchev–Trinajstić information content (AvgIpc) is 4.06. The first-order chi connectivity index (χ1) is 32.7. The Labute approximate surface area is 394 Å². The van der Waals surface area contributed by atoms with Gasteiger partial charge in [-0.3, -0.25) is 0 Å². The van der Waals surface area contributed by atoms with Crippen LogP contribution in [-0.4, -0.2) is 0 Å². The second kappa shape index (κ2) is 16.1. The van der Waals surface area contributed by atoms with Crippen molar-refractivity contribution in [3.8, 4) is 0 Å². The van der Waals surface area contributed by atoms with Gasteiger partial charge < -0.3 is 14.7 Å². The van der Waals surface area contributed by atoms with E-state index < -0.39 is 0 Å². The van der Waals surface area contributed by atoms with Crippen LogP contribution in [0, 0.1) is 0 Å². The average molecular weight is 898 g/mol. The standard InChI is InChI=1S/C60H39N3S3/c1-5-17-40(18-6-1)61(45-29-32-49-48-25-13-15-27-54(48)64-57(49)37-45)44-31-34-56-52(35-44)50-33-30-46(38-58(50)65-56)62(41-19-7-2-8-20-41)47-36-53(60-51-26-14-16-28-55(51)66-59(60)39-47)63(42-21-9-3-10-22-42)43-23-11-4-12-24-43/h1-39H. The summed E-state index contributed by atoms with van der Waals surface area (Å²) >= 11 is 5.58. The molecule has 0 bridgehead atoms. The molecule has 0 saturated heterocycles. The van der Waals surface area contributed by atoms with Crippen LogP contribution in [-0.2, 0) is 0 Å². The molecule has 66 heavy (non-hydrogen) atoms. The Morgan fingerprint density at radius 3 is 1.17 bits per heavy atom. The van der Waals surface area contributed by atoms with E-state index in [2.05, 4.69) is 251 Å². The van der Waals surface area contributed by atoms with E-state index in [0.29, 0.717) is 0 Å². The van der Waals surface area contributed by atoms with Gasteiger partial charge >= 0.3 is 0 Å². The van der Waals surface area contributed by atoms with Crippen molar-refractivity contribution in [2.75, 3.05) is 14.7 Å². The van der Waals surface area contributed by atoms with Crippen LogP contribution in [0.1, 0.15) is 0 Å². The highest BCUT2D eigenvalue weighted by Gasteiger charge is 2.24. The highest BCUT2D eigenvalue weighted by molar-refractivity contribution is 7.26. The molecule has 0 unspecified atom stereocenters. The van der Waals surface area contributed by atoms with Crippen LogP contribution in [0.25, 0.3) is 60.5 Å². The zero-order chi connectivity index (χ0) is 43.6. The lowest BCUT2D eigenvalue weighted by Gasteiger charge is -2.30. The molecule has 0 spiro atoms. The minimum Gasteiger partial charge on any atom is -0.310 e. The van der Waals surface area contributed by atoms with E-state index in [-0.39, 0.29) is 0 Å². The molecule has 10 aromatic carbocycles. The molecule has 3 heterocycles. The second-order valence-electron chi connectivity index (χ2n) is 16.5. The molecule has 13 rings (SSSR count). The molecule has 0 aliphatic heterocycles. The number of para-hydroxylation sites is 4. The molecule has 0 fully saturated rings. The number of benzene rings is 10. The fourth-order valence-electron chi connectivity index (χ4n) is 9.64. The molecule has 6 heteroatoms. The van der Waals surface area contributed by atoms with Gasteiger partial charge in [0.2, 0.25) is 0 Å². The summed E-state index contributed by atoms with van der Waals surface area (Å²) in [5, 5.41) is 7.64. The van der Waals surface area contributed by atoms with Gasteiger partial charge in [0.15, 0.2) is 0 Å². The first kappa shape index (κ1) is 38.7. The molecule has 0 radical (unpaired) electrons. The van der Waals surface area contributed by atoms with Gasteiger partial charge in [0.1, 0.15) is 0 Å². The first-order valence-electron chi connectivity index (χ1n) is 22.2. The molecule has 0 aliphatic carbocycles. The molecular weight excluding hydrogens is 859 g/mol. The summed E-state index contributed by atoms with van der Waals surface area (Å²) in [6.45, 7) is 0. The number of hydrogen-bond donors (Lipinski definition) is 0. The van der Waals surface area contributed by atoms with Gasteiger partial charge in [-0.15, -0.1) is 34.0 Å². The van der Waals surface area contributed by atoms with Crippen LogP contribution in [0.3, 0.4) is 0 Å². The molecule has 0 amide bonds. The Morgan fingerprint density at radius 2 is 0.591 bits per heavy atom. The lowest BCUT2D eigenvalue weighted by atomic mass is 10.1. The summed E-state index contributed by atoms with van der Waals surface area (Å²) in [5.41, 5.74) is 10.1. The van der Waals surface area contributed by atoms with Gasteiger partial charge in [-0.2, -0.15) is 0 Å². The third-order valence-corrected chi connectivity index (χ3v) is 16.0. The van der Waals surface area contributed by atoms with E-state index >= 15 is 0 Å². The smallest absolute Gasteiger partial charge is 0.0575 e. The second-order valence-corrected chi connectivity index (χ2v) is 19.8. The summed E-state index contributed by atoms with van der Waals surface area (Å²) in [6.07, 6.45) is 0. The van der Waals surface area contributed by atoms with E-state index in [4.69, 9.17) is 0 Å². The number of anilines is 9. The van der Waals surface area contributed by atoms with E-state index in [1.807, 2.05) is 34.0 Å². The highest BCUT2D eigenvalue weighted by atomic mass is 32.1. The van der Waals surface area contributed by atoms with Gasteiger partial charge in [-0.1, -0.05) is 121 Å². The minimum atomic E-state index is 1.10. The van der Waals surface area contributed by atoms with Gasteiger partial charge in [0.25, 0.3) is 0 Å². The van der Waals surface area contributed by atoms with Crippen molar-refractivity contribution >= 4 is 146 Å². The fourth-order valence-corrected chi connectivity index (χ4v) is 13.1. The molecule has 0 atom stereocenters. The van der Waals surface area contributed by atoms with E-state index in [9.17, 15) is 0 Å². The summed E-state index contributed by atoms with van der Waals surface area (Å²) in [5.74, 6) is 0. The highest BCUT2D eigenvalue weighted by Crippen LogP contribution is 2.50.